The molecule has 2 N–H and O–H groups in total. The van der Waals surface area contributed by atoms with E-state index >= 15 is 0 Å². The number of nitrogen functional groups attached to an aromatic ring is 1. The summed E-state index contributed by atoms with van der Waals surface area (Å²) in [6, 6.07) is 4.95. The van der Waals surface area contributed by atoms with E-state index < -0.39 is 0 Å². The van der Waals surface area contributed by atoms with Crippen LogP contribution in [-0.4, -0.2) is 5.78 Å². The predicted octanol–water partition coefficient (Wildman–Crippen LogP) is 3.46. The number of nitrogens with two attached hydrogens (primary N) is 1. The zero-order valence-electron chi connectivity index (χ0n) is 8.72. The zero-order chi connectivity index (χ0) is 11.4. The van der Waals surface area contributed by atoms with E-state index in [0.717, 1.165) is 5.57 Å². The van der Waals surface area contributed by atoms with Crippen molar-refractivity contribution in [3.63, 3.8) is 0 Å². The monoisotopic (exact) mass is 223 g/mol. The number of Topliss-reactive ketones (excluding diaryl/α,β-unsaturated/α-hetero) is 1. The van der Waals surface area contributed by atoms with Crippen molar-refractivity contribution in [1.82, 2.24) is 0 Å². The average molecular weight is 224 g/mol. The molecule has 0 spiro atoms. The molecule has 0 fully saturated rings. The van der Waals surface area contributed by atoms with Crippen molar-refractivity contribution >= 4 is 23.1 Å². The maximum atomic E-state index is 11.7. The highest BCUT2D eigenvalue weighted by Crippen LogP contribution is 2.20. The van der Waals surface area contributed by atoms with Gasteiger partial charge >= 0.3 is 0 Å². The van der Waals surface area contributed by atoms with Crippen molar-refractivity contribution in [2.75, 3.05) is 5.73 Å². The highest BCUT2D eigenvalue weighted by Gasteiger charge is 2.07. The van der Waals surface area contributed by atoms with Crippen molar-refractivity contribution < 1.29 is 4.79 Å². The van der Waals surface area contributed by atoms with Crippen LogP contribution >= 0.6 is 11.6 Å². The van der Waals surface area contributed by atoms with E-state index in [1.165, 1.54) is 0 Å². The van der Waals surface area contributed by atoms with Crippen molar-refractivity contribution in [3.8, 4) is 0 Å². The third-order valence-electron chi connectivity index (χ3n) is 2.10. The van der Waals surface area contributed by atoms with Crippen LogP contribution in [0.5, 0.6) is 0 Å². The SMILES string of the molecule is C=C(C)CCC(=O)c1ccc(Cl)c(N)c1. The van der Waals surface area contributed by atoms with Crippen molar-refractivity contribution in [3.05, 3.63) is 40.9 Å². The molecule has 2 nitrogen and oxygen atoms in total. The Labute approximate surface area is 94.7 Å². The normalized spacial score (nSPS) is 10.0. The third-order valence-corrected chi connectivity index (χ3v) is 2.44. The molecular formula is C12H14ClNO. The van der Waals surface area contributed by atoms with E-state index in [-0.39, 0.29) is 5.78 Å². The molecule has 0 bridgehead atoms. The molecule has 1 aromatic carbocycles. The van der Waals surface area contributed by atoms with Crippen LogP contribution in [0, 0.1) is 0 Å². The minimum Gasteiger partial charge on any atom is -0.398 e. The van der Waals surface area contributed by atoms with Crippen LogP contribution < -0.4 is 5.73 Å². The van der Waals surface area contributed by atoms with Gasteiger partial charge in [0.2, 0.25) is 0 Å². The molecule has 0 aliphatic carbocycles. The van der Waals surface area contributed by atoms with Gasteiger partial charge in [-0.1, -0.05) is 17.2 Å². The second-order valence-corrected chi connectivity index (χ2v) is 4.02. The molecule has 0 amide bonds. The van der Waals surface area contributed by atoms with Gasteiger partial charge in [-0.15, -0.1) is 6.58 Å². The van der Waals surface area contributed by atoms with Crippen molar-refractivity contribution in [2.45, 2.75) is 19.8 Å². The number of hydrogen-bond donors (Lipinski definition) is 1. The minimum absolute atomic E-state index is 0.0707. The second kappa shape index (κ2) is 4.99. The Hall–Kier alpha value is -1.28. The van der Waals surface area contributed by atoms with Gasteiger partial charge in [0.25, 0.3) is 0 Å². The summed E-state index contributed by atoms with van der Waals surface area (Å²) in [6.45, 7) is 5.66. The van der Waals surface area contributed by atoms with Crippen molar-refractivity contribution in [1.29, 1.82) is 0 Å². The summed E-state index contributed by atoms with van der Waals surface area (Å²) in [6.07, 6.45) is 1.18. The number of hydrogen-bond acceptors (Lipinski definition) is 2. The summed E-state index contributed by atoms with van der Waals surface area (Å²) in [5, 5.41) is 0.478. The lowest BCUT2D eigenvalue weighted by atomic mass is 10.0. The summed E-state index contributed by atoms with van der Waals surface area (Å²) >= 11 is 5.76. The molecular weight excluding hydrogens is 210 g/mol. The molecule has 0 saturated heterocycles. The molecule has 0 atom stereocenters. The van der Waals surface area contributed by atoms with Gasteiger partial charge in [0.1, 0.15) is 0 Å². The number of carbonyl (C=O) groups is 1. The molecule has 0 saturated carbocycles. The fourth-order valence-electron chi connectivity index (χ4n) is 1.19. The van der Waals surface area contributed by atoms with Gasteiger partial charge in [-0.3, -0.25) is 4.79 Å². The maximum absolute atomic E-state index is 11.7. The smallest absolute Gasteiger partial charge is 0.163 e. The highest BCUT2D eigenvalue weighted by molar-refractivity contribution is 6.33. The number of benzene rings is 1. The molecule has 0 radical (unpaired) electrons. The Balaban J connectivity index is 2.74. The zero-order valence-corrected chi connectivity index (χ0v) is 9.47. The Morgan fingerprint density at radius 2 is 2.13 bits per heavy atom. The van der Waals surface area contributed by atoms with Gasteiger partial charge in [-0.25, -0.2) is 0 Å². The summed E-state index contributed by atoms with van der Waals surface area (Å²) < 4.78 is 0. The van der Waals surface area contributed by atoms with Crippen LogP contribution in [0.4, 0.5) is 5.69 Å². The molecule has 1 aromatic rings. The van der Waals surface area contributed by atoms with Gasteiger partial charge in [0, 0.05) is 12.0 Å². The number of rotatable bonds is 4. The molecule has 0 aromatic heterocycles. The van der Waals surface area contributed by atoms with E-state index in [9.17, 15) is 4.79 Å². The Bertz CT molecular complexity index is 399. The van der Waals surface area contributed by atoms with Gasteiger partial charge < -0.3 is 5.73 Å². The van der Waals surface area contributed by atoms with Crippen LogP contribution in [0.25, 0.3) is 0 Å². The molecule has 1 rings (SSSR count). The minimum atomic E-state index is 0.0707. The molecule has 80 valence electrons. The molecule has 0 aliphatic heterocycles. The first-order valence-corrected chi connectivity index (χ1v) is 5.11. The second-order valence-electron chi connectivity index (χ2n) is 3.62. The van der Waals surface area contributed by atoms with E-state index in [4.69, 9.17) is 17.3 Å². The fraction of sp³-hybridized carbons (Fsp3) is 0.250. The van der Waals surface area contributed by atoms with Crippen molar-refractivity contribution in [2.24, 2.45) is 0 Å². The Morgan fingerprint density at radius 1 is 1.47 bits per heavy atom. The van der Waals surface area contributed by atoms with Crippen LogP contribution in [0.15, 0.2) is 30.4 Å². The van der Waals surface area contributed by atoms with Gasteiger partial charge in [0.15, 0.2) is 5.78 Å². The largest absolute Gasteiger partial charge is 0.398 e. The number of allylic oxidation sites excluding steroid dienone is 1. The number of carbonyl (C=O) groups excluding carboxylic acids is 1. The van der Waals surface area contributed by atoms with Crippen LogP contribution in [0.1, 0.15) is 30.1 Å². The molecule has 0 heterocycles. The summed E-state index contributed by atoms with van der Waals surface area (Å²) in [5.74, 6) is 0.0707. The fourth-order valence-corrected chi connectivity index (χ4v) is 1.31. The Kier molecular flexibility index (Phi) is 3.92. The number of halogens is 1. The van der Waals surface area contributed by atoms with Crippen LogP contribution in [0.2, 0.25) is 5.02 Å². The highest BCUT2D eigenvalue weighted by atomic mass is 35.5. The van der Waals surface area contributed by atoms with Gasteiger partial charge in [-0.2, -0.15) is 0 Å². The molecule has 3 heteroatoms. The predicted molar refractivity (Wildman–Crippen MR) is 64.2 cm³/mol. The van der Waals surface area contributed by atoms with E-state index in [1.807, 2.05) is 6.92 Å². The lowest BCUT2D eigenvalue weighted by Crippen LogP contribution is -2.00. The molecule has 0 aliphatic rings. The lowest BCUT2D eigenvalue weighted by Gasteiger charge is -2.03. The van der Waals surface area contributed by atoms with E-state index in [2.05, 4.69) is 6.58 Å². The summed E-state index contributed by atoms with van der Waals surface area (Å²) in [5.41, 5.74) is 7.67. The first-order valence-electron chi connectivity index (χ1n) is 4.73. The standard InChI is InChI=1S/C12H14ClNO/c1-8(2)3-6-12(15)9-4-5-10(13)11(14)7-9/h4-5,7H,1,3,6,14H2,2H3. The van der Waals surface area contributed by atoms with E-state index in [1.54, 1.807) is 18.2 Å². The third kappa shape index (κ3) is 3.40. The molecule has 15 heavy (non-hydrogen) atoms. The number of ketones is 1. The topological polar surface area (TPSA) is 43.1 Å². The summed E-state index contributed by atoms with van der Waals surface area (Å²) in [4.78, 5) is 11.7. The van der Waals surface area contributed by atoms with Gasteiger partial charge in [-0.05, 0) is 31.5 Å². The van der Waals surface area contributed by atoms with Gasteiger partial charge in [0.05, 0.1) is 10.7 Å². The average Bonchev–Trinajstić information content (AvgIpc) is 2.18. The first-order chi connectivity index (χ1) is 7.00. The van der Waals surface area contributed by atoms with Crippen LogP contribution in [-0.2, 0) is 0 Å². The van der Waals surface area contributed by atoms with E-state index in [0.29, 0.717) is 29.1 Å². The number of anilines is 1. The lowest BCUT2D eigenvalue weighted by molar-refractivity contribution is 0.0983. The Morgan fingerprint density at radius 3 is 2.67 bits per heavy atom. The molecule has 0 unspecified atom stereocenters. The first kappa shape index (κ1) is 11.8. The van der Waals surface area contributed by atoms with Crippen LogP contribution in [0.3, 0.4) is 0 Å². The quantitative estimate of drug-likeness (QED) is 0.483. The maximum Gasteiger partial charge on any atom is 0.163 e. The summed E-state index contributed by atoms with van der Waals surface area (Å²) in [7, 11) is 0.